The number of hydrogen-bond acceptors (Lipinski definition) is 15. The van der Waals surface area contributed by atoms with Crippen molar-refractivity contribution >= 4 is 50.4 Å². The molecule has 0 spiro atoms. The molecule has 0 aliphatic carbocycles. The van der Waals surface area contributed by atoms with Gasteiger partial charge in [0.05, 0.1) is 70.2 Å². The van der Waals surface area contributed by atoms with E-state index in [2.05, 4.69) is 57.3 Å². The van der Waals surface area contributed by atoms with Crippen LogP contribution in [0.2, 0.25) is 0 Å². The highest BCUT2D eigenvalue weighted by atomic mass is 19.3. The highest BCUT2D eigenvalue weighted by Crippen LogP contribution is 2.33. The molecule has 0 radical (unpaired) electrons. The van der Waals surface area contributed by atoms with Gasteiger partial charge in [-0.25, -0.2) is 43.7 Å². The number of carbonyl (C=O) groups excluding carboxylic acids is 3. The van der Waals surface area contributed by atoms with Crippen molar-refractivity contribution in [3.63, 3.8) is 0 Å². The normalized spacial score (nSPS) is 11.5. The fourth-order valence-electron chi connectivity index (χ4n) is 10.1. The number of halogens is 2. The van der Waals surface area contributed by atoms with E-state index < -0.39 is 30.7 Å². The zero-order chi connectivity index (χ0) is 60.9. The van der Waals surface area contributed by atoms with Gasteiger partial charge < -0.3 is 30.9 Å². The van der Waals surface area contributed by atoms with E-state index in [1.807, 2.05) is 116 Å². The lowest BCUT2D eigenvalue weighted by Gasteiger charge is -2.08. The molecule has 29 heteroatoms. The molecule has 0 bridgehead atoms. The minimum Gasteiger partial charge on any atom is -0.364 e. The Kier molecular flexibility index (Phi) is 15.6. The van der Waals surface area contributed by atoms with Crippen molar-refractivity contribution in [1.82, 2.24) is 102 Å². The van der Waals surface area contributed by atoms with Gasteiger partial charge in [-0.05, 0) is 71.9 Å². The van der Waals surface area contributed by atoms with Crippen molar-refractivity contribution < 1.29 is 23.2 Å². The summed E-state index contributed by atoms with van der Waals surface area (Å²) in [6, 6.07) is 8.69. The largest absolute Gasteiger partial charge is 0.364 e. The lowest BCUT2D eigenvalue weighted by molar-refractivity contribution is 0.0987. The van der Waals surface area contributed by atoms with Crippen molar-refractivity contribution in [2.24, 2.45) is 45.4 Å². The first-order chi connectivity index (χ1) is 40.6. The molecule has 12 heterocycles. The van der Waals surface area contributed by atoms with Crippen LogP contribution in [0, 0.1) is 20.8 Å². The first kappa shape index (κ1) is 57.6. The van der Waals surface area contributed by atoms with Gasteiger partial charge in [0.2, 0.25) is 0 Å². The van der Waals surface area contributed by atoms with Crippen LogP contribution in [0.5, 0.6) is 0 Å². The van der Waals surface area contributed by atoms with E-state index in [9.17, 15) is 23.2 Å². The summed E-state index contributed by atoms with van der Waals surface area (Å²) in [5.41, 5.74) is 26.0. The average Bonchev–Trinajstić information content (AvgIpc) is 2.40. The summed E-state index contributed by atoms with van der Waals surface area (Å²) in [6.45, 7) is 15.2. The molecule has 0 unspecified atom stereocenters. The smallest absolute Gasteiger partial charge is 0.267 e. The molecular formula is C56H62F2N24O3. The quantitative estimate of drug-likeness (QED) is 0.105. The number of nitrogens with zero attached hydrogens (tertiary/aromatic N) is 21. The van der Waals surface area contributed by atoms with Crippen LogP contribution in [-0.4, -0.2) is 126 Å². The van der Waals surface area contributed by atoms with Crippen LogP contribution in [0.3, 0.4) is 0 Å². The van der Waals surface area contributed by atoms with Crippen molar-refractivity contribution in [3.05, 3.63) is 114 Å². The number of nitrogens with two attached hydrogens (primary N) is 3. The van der Waals surface area contributed by atoms with Gasteiger partial charge in [-0.3, -0.25) is 42.4 Å². The number of imidazole rings is 4. The number of amides is 3. The zero-order valence-corrected chi connectivity index (χ0v) is 48.6. The summed E-state index contributed by atoms with van der Waals surface area (Å²) >= 11 is 0. The second kappa shape index (κ2) is 23.0. The van der Waals surface area contributed by atoms with E-state index in [0.29, 0.717) is 58.4 Å². The topological polar surface area (TPSA) is 328 Å². The monoisotopic (exact) mass is 1160 g/mol. The van der Waals surface area contributed by atoms with Crippen LogP contribution >= 0.6 is 0 Å². The third-order valence-electron chi connectivity index (χ3n) is 14.1. The second-order valence-electron chi connectivity index (χ2n) is 20.0. The number of alkyl halides is 2. The van der Waals surface area contributed by atoms with Crippen LogP contribution < -0.4 is 17.2 Å². The molecule has 438 valence electrons. The maximum Gasteiger partial charge on any atom is 0.267 e. The molecule has 12 aromatic rings. The molecule has 27 nitrogen and oxygen atoms in total. The third kappa shape index (κ3) is 11.0. The molecule has 0 fully saturated rings. The van der Waals surface area contributed by atoms with Gasteiger partial charge in [0.25, 0.3) is 24.1 Å². The molecule has 12 rings (SSSR count). The van der Waals surface area contributed by atoms with Crippen LogP contribution in [-0.2, 0) is 60.8 Å². The molecule has 0 saturated heterocycles. The summed E-state index contributed by atoms with van der Waals surface area (Å²) in [5.74, 6) is 1.24. The highest BCUT2D eigenvalue weighted by molar-refractivity contribution is 6.01. The van der Waals surface area contributed by atoms with Gasteiger partial charge in [-0.1, -0.05) is 6.92 Å². The van der Waals surface area contributed by atoms with Crippen molar-refractivity contribution in [3.8, 4) is 63.1 Å². The Morgan fingerprint density at radius 3 is 1.45 bits per heavy atom. The Morgan fingerprint density at radius 1 is 0.506 bits per heavy atom. The number of aryl methyl sites for hydroxylation is 11. The molecule has 3 amide bonds. The standard InChI is InChI=1S/C19H20F2N8O.C19H22N8O.C18H20N8O/c1-4-29-15(5-10(2)26-29)13-8-28(9-16(20)21)19(25-13)17-11-7-23-27(3)14(11)6-12(24-17)18(22)30;1-5-26-15-8-13(18(20)28)22-17(12(15)9-21-26)19-23-14(10-25(19)4)16-7-11(3)24-27(16)6-2;1-5-14-21-10(2)8-26(14)15-9-24(3)18(23-15)16-11-7-20-25(4)13(11)6-12(22-16)17(19)27/h5-8,16H,4,9H2,1-3H3,(H2,22,30);7-10H,5-6H2,1-4H3,(H2,20,28);6-9H,5H2,1-4H3,(H2,19,27). The summed E-state index contributed by atoms with van der Waals surface area (Å²) in [4.78, 5) is 67.4. The Hall–Kier alpha value is -10.6. The van der Waals surface area contributed by atoms with Gasteiger partial charge in [0.1, 0.15) is 51.4 Å². The van der Waals surface area contributed by atoms with Gasteiger partial charge in [0.15, 0.2) is 23.3 Å². The van der Waals surface area contributed by atoms with Crippen molar-refractivity contribution in [2.75, 3.05) is 0 Å². The Bertz CT molecular complexity index is 4540. The number of hydrogen-bond donors (Lipinski definition) is 3. The molecule has 12 aromatic heterocycles. The number of rotatable bonds is 15. The number of aromatic nitrogens is 21. The van der Waals surface area contributed by atoms with Gasteiger partial charge in [-0.2, -0.15) is 25.5 Å². The predicted molar refractivity (Wildman–Crippen MR) is 312 cm³/mol. The van der Waals surface area contributed by atoms with Gasteiger partial charge in [0, 0.05) is 95.2 Å². The van der Waals surface area contributed by atoms with Gasteiger partial charge >= 0.3 is 0 Å². The highest BCUT2D eigenvalue weighted by Gasteiger charge is 2.25. The van der Waals surface area contributed by atoms with Crippen LogP contribution in [0.15, 0.2) is 73.7 Å². The minimum atomic E-state index is -2.60. The van der Waals surface area contributed by atoms with E-state index in [1.54, 1.807) is 58.0 Å². The first-order valence-electron chi connectivity index (χ1n) is 27.1. The lowest BCUT2D eigenvalue weighted by atomic mass is 10.2. The Labute approximate surface area is 483 Å². The van der Waals surface area contributed by atoms with Crippen molar-refractivity contribution in [1.29, 1.82) is 0 Å². The maximum absolute atomic E-state index is 13.3. The maximum atomic E-state index is 13.3. The van der Waals surface area contributed by atoms with Crippen LogP contribution in [0.4, 0.5) is 8.78 Å². The zero-order valence-electron chi connectivity index (χ0n) is 48.6. The van der Waals surface area contributed by atoms with Crippen LogP contribution in [0.25, 0.3) is 95.9 Å². The lowest BCUT2D eigenvalue weighted by Crippen LogP contribution is -2.14. The molecule has 85 heavy (non-hydrogen) atoms. The summed E-state index contributed by atoms with van der Waals surface area (Å²) < 4.78 is 42.5. The average molecular weight is 1160 g/mol. The minimum absolute atomic E-state index is 0.00342. The molecule has 0 aromatic carbocycles. The van der Waals surface area contributed by atoms with Gasteiger partial charge in [-0.15, -0.1) is 0 Å². The summed E-state index contributed by atoms with van der Waals surface area (Å²) in [5, 5.41) is 24.0. The molecule has 6 N–H and O–H groups in total. The number of carbonyl (C=O) groups is 3. The summed E-state index contributed by atoms with van der Waals surface area (Å²) in [6.07, 6.45) is 10.6. The molecule has 0 aliphatic heterocycles. The van der Waals surface area contributed by atoms with Crippen molar-refractivity contribution in [2.45, 2.75) is 87.5 Å². The van der Waals surface area contributed by atoms with E-state index in [4.69, 9.17) is 27.2 Å². The second-order valence-corrected chi connectivity index (χ2v) is 20.0. The molecular weight excluding hydrogens is 1090 g/mol. The molecule has 0 aliphatic rings. The van der Waals surface area contributed by atoms with E-state index in [-0.39, 0.29) is 28.6 Å². The molecule has 0 saturated carbocycles. The summed E-state index contributed by atoms with van der Waals surface area (Å²) in [7, 11) is 7.31. The predicted octanol–water partition coefficient (Wildman–Crippen LogP) is 6.05. The van der Waals surface area contributed by atoms with E-state index in [1.165, 1.54) is 10.6 Å². The SMILES string of the molecule is CCc1nc(C)cn1-c1cn(C)c(-c2nc(C(N)=O)cc3c2cnn3C)n1.CCn1nc(C)cc1-c1cn(C)c(-c2nc(C(N)=O)cc3c2cnn3CC)n1.CCn1nc(C)cc1-c1cn(CC(F)F)c(-c2nc(C(N)=O)cc3c2cnn3C)n1. The number of pyridine rings is 3. The van der Waals surface area contributed by atoms with Crippen LogP contribution in [0.1, 0.15) is 82.1 Å². The van der Waals surface area contributed by atoms with E-state index in [0.717, 1.165) is 74.9 Å². The van der Waals surface area contributed by atoms with E-state index >= 15 is 0 Å². The third-order valence-corrected chi connectivity index (χ3v) is 14.1. The fraction of sp³-hybridized carbons (Fsp3) is 0.304. The number of fused-ring (bicyclic) bond motifs is 3. The Morgan fingerprint density at radius 2 is 0.953 bits per heavy atom. The Balaban J connectivity index is 0.000000142. The first-order valence-corrected chi connectivity index (χ1v) is 27.1. The molecule has 0 atom stereocenters. The fourth-order valence-corrected chi connectivity index (χ4v) is 10.1. The number of primary amides is 3.